The quantitative estimate of drug-likeness (QED) is 0.801. The van der Waals surface area contributed by atoms with Gasteiger partial charge in [0.05, 0.1) is 26.5 Å². The summed E-state index contributed by atoms with van der Waals surface area (Å²) in [6.07, 6.45) is 2.23. The molecule has 1 fully saturated rings. The minimum atomic E-state index is -0.374. The van der Waals surface area contributed by atoms with Gasteiger partial charge in [-0.1, -0.05) is 6.07 Å². The maximum atomic E-state index is 12.3. The smallest absolute Gasteiger partial charge is 0.321 e. The van der Waals surface area contributed by atoms with Crippen molar-refractivity contribution in [3.8, 4) is 11.8 Å². The summed E-state index contributed by atoms with van der Waals surface area (Å²) >= 11 is 0. The number of methoxy groups -OCH3 is 2. The van der Waals surface area contributed by atoms with Crippen LogP contribution in [-0.4, -0.2) is 48.3 Å². The number of ether oxygens (including phenoxy) is 2. The fourth-order valence-electron chi connectivity index (χ4n) is 2.86. The lowest BCUT2D eigenvalue weighted by molar-refractivity contribution is 0.251. The minimum absolute atomic E-state index is 0.152. The average molecular weight is 372 g/mol. The summed E-state index contributed by atoms with van der Waals surface area (Å²) in [6.45, 7) is 3.92. The van der Waals surface area contributed by atoms with Crippen LogP contribution >= 0.6 is 0 Å². The second-order valence-electron chi connectivity index (χ2n) is 6.24. The summed E-state index contributed by atoms with van der Waals surface area (Å²) in [6, 6.07) is 5.43. The molecule has 9 nitrogen and oxygen atoms in total. The first-order valence-corrected chi connectivity index (χ1v) is 8.82. The van der Waals surface area contributed by atoms with Crippen LogP contribution in [-0.2, 0) is 6.54 Å². The van der Waals surface area contributed by atoms with Gasteiger partial charge in [0.2, 0.25) is 5.95 Å². The van der Waals surface area contributed by atoms with Gasteiger partial charge in [-0.2, -0.15) is 15.0 Å². The molecule has 1 aromatic heterocycles. The Morgan fingerprint density at radius 2 is 1.93 bits per heavy atom. The molecule has 0 spiro atoms. The van der Waals surface area contributed by atoms with E-state index in [0.717, 1.165) is 31.5 Å². The van der Waals surface area contributed by atoms with E-state index in [4.69, 9.17) is 9.47 Å². The van der Waals surface area contributed by atoms with Crippen molar-refractivity contribution in [2.75, 3.05) is 37.5 Å². The molecule has 1 aliphatic heterocycles. The van der Waals surface area contributed by atoms with Crippen LogP contribution in [0.1, 0.15) is 24.2 Å². The number of nitrogens with one attached hydrogen (secondary N) is 2. The summed E-state index contributed by atoms with van der Waals surface area (Å²) in [5.74, 6) is 1.61. The summed E-state index contributed by atoms with van der Waals surface area (Å²) in [4.78, 5) is 27.3. The maximum absolute atomic E-state index is 12.3. The number of aryl methyl sites for hydroxylation is 1. The van der Waals surface area contributed by atoms with Gasteiger partial charge >= 0.3 is 12.0 Å². The van der Waals surface area contributed by atoms with E-state index >= 15 is 0 Å². The lowest BCUT2D eigenvalue weighted by atomic mass is 10.2. The third-order valence-electron chi connectivity index (χ3n) is 4.23. The Bertz CT molecular complexity index is 808. The van der Waals surface area contributed by atoms with Gasteiger partial charge in [0.1, 0.15) is 5.75 Å². The highest BCUT2D eigenvalue weighted by Crippen LogP contribution is 2.25. The van der Waals surface area contributed by atoms with Gasteiger partial charge in [0.25, 0.3) is 0 Å². The second-order valence-corrected chi connectivity index (χ2v) is 6.24. The number of anilines is 2. The third-order valence-corrected chi connectivity index (χ3v) is 4.23. The zero-order valence-electron chi connectivity index (χ0n) is 15.8. The molecule has 0 radical (unpaired) electrons. The molecule has 1 aromatic carbocycles. The Morgan fingerprint density at radius 1 is 1.15 bits per heavy atom. The van der Waals surface area contributed by atoms with Crippen LogP contribution in [0.2, 0.25) is 0 Å². The van der Waals surface area contributed by atoms with E-state index in [9.17, 15) is 4.79 Å². The van der Waals surface area contributed by atoms with E-state index < -0.39 is 0 Å². The maximum Gasteiger partial charge on any atom is 0.321 e. The number of hydrogen-bond donors (Lipinski definition) is 2. The molecule has 0 unspecified atom stereocenters. The van der Waals surface area contributed by atoms with E-state index in [0.29, 0.717) is 23.2 Å². The number of benzene rings is 1. The fourth-order valence-corrected chi connectivity index (χ4v) is 2.86. The predicted molar refractivity (Wildman–Crippen MR) is 101 cm³/mol. The highest BCUT2D eigenvalue weighted by Gasteiger charge is 2.18. The third kappa shape index (κ3) is 4.75. The first kappa shape index (κ1) is 18.7. The van der Waals surface area contributed by atoms with Gasteiger partial charge in [0.15, 0.2) is 5.82 Å². The van der Waals surface area contributed by atoms with Crippen LogP contribution in [0.5, 0.6) is 11.8 Å². The zero-order chi connectivity index (χ0) is 19.2. The molecule has 2 heterocycles. The first-order valence-electron chi connectivity index (χ1n) is 8.82. The van der Waals surface area contributed by atoms with Crippen molar-refractivity contribution in [1.82, 2.24) is 20.3 Å². The summed E-state index contributed by atoms with van der Waals surface area (Å²) in [5.41, 5.74) is 1.62. The summed E-state index contributed by atoms with van der Waals surface area (Å²) in [5, 5.41) is 5.54. The first-order chi connectivity index (χ1) is 13.1. The van der Waals surface area contributed by atoms with Crippen LogP contribution in [0, 0.1) is 6.92 Å². The van der Waals surface area contributed by atoms with Gasteiger partial charge in [-0.25, -0.2) is 4.79 Å². The molecule has 2 aromatic rings. The Labute approximate surface area is 158 Å². The van der Waals surface area contributed by atoms with Crippen molar-refractivity contribution in [3.05, 3.63) is 29.6 Å². The van der Waals surface area contributed by atoms with E-state index in [1.165, 1.54) is 7.11 Å². The number of urea groups is 1. The number of nitrogens with zero attached hydrogens (tertiary/aromatic N) is 4. The minimum Gasteiger partial charge on any atom is -0.495 e. The van der Waals surface area contributed by atoms with Crippen molar-refractivity contribution >= 4 is 17.7 Å². The number of aromatic nitrogens is 3. The standard InChI is InChI=1S/C18H24N6O3/c1-12-6-7-14(26-2)13(10-12)20-17(25)19-11-15-21-16(23-18(22-15)27-3)24-8-4-5-9-24/h6-7,10H,4-5,8-9,11H2,1-3H3,(H2,19,20,25). The SMILES string of the molecule is COc1nc(CNC(=O)Nc2cc(C)ccc2OC)nc(N2CCCC2)n1. The average Bonchev–Trinajstić information content (AvgIpc) is 3.21. The largest absolute Gasteiger partial charge is 0.495 e. The van der Waals surface area contributed by atoms with Crippen molar-refractivity contribution in [3.63, 3.8) is 0 Å². The van der Waals surface area contributed by atoms with Crippen LogP contribution < -0.4 is 25.0 Å². The second kappa shape index (κ2) is 8.52. The van der Waals surface area contributed by atoms with Crippen LogP contribution in [0.4, 0.5) is 16.4 Å². The molecule has 0 bridgehead atoms. The van der Waals surface area contributed by atoms with Crippen molar-refractivity contribution in [2.45, 2.75) is 26.3 Å². The predicted octanol–water partition coefficient (Wildman–Crippen LogP) is 2.12. The number of hydrogen-bond acceptors (Lipinski definition) is 7. The molecular formula is C18H24N6O3. The van der Waals surface area contributed by atoms with E-state index in [1.54, 1.807) is 7.11 Å². The lowest BCUT2D eigenvalue weighted by Crippen LogP contribution is -2.30. The Morgan fingerprint density at radius 3 is 2.63 bits per heavy atom. The van der Waals surface area contributed by atoms with Gasteiger partial charge in [-0.15, -0.1) is 0 Å². The van der Waals surface area contributed by atoms with E-state index in [1.807, 2.05) is 25.1 Å². The Kier molecular flexibility index (Phi) is 5.90. The molecule has 9 heteroatoms. The number of rotatable bonds is 6. The highest BCUT2D eigenvalue weighted by molar-refractivity contribution is 5.91. The van der Waals surface area contributed by atoms with Gasteiger partial charge in [0, 0.05) is 13.1 Å². The van der Waals surface area contributed by atoms with Gasteiger partial charge in [-0.3, -0.25) is 0 Å². The van der Waals surface area contributed by atoms with Crippen molar-refractivity contribution in [2.24, 2.45) is 0 Å². The Balaban J connectivity index is 1.66. The topological polar surface area (TPSA) is 102 Å². The van der Waals surface area contributed by atoms with E-state index in [-0.39, 0.29) is 18.6 Å². The summed E-state index contributed by atoms with van der Waals surface area (Å²) in [7, 11) is 3.07. The van der Waals surface area contributed by atoms with Gasteiger partial charge < -0.3 is 25.0 Å². The lowest BCUT2D eigenvalue weighted by Gasteiger charge is -2.16. The molecule has 27 heavy (non-hydrogen) atoms. The fraction of sp³-hybridized carbons (Fsp3) is 0.444. The van der Waals surface area contributed by atoms with Gasteiger partial charge in [-0.05, 0) is 37.5 Å². The highest BCUT2D eigenvalue weighted by atomic mass is 16.5. The molecule has 0 atom stereocenters. The van der Waals surface area contributed by atoms with Crippen molar-refractivity contribution in [1.29, 1.82) is 0 Å². The number of carbonyl (C=O) groups excluding carboxylic acids is 1. The van der Waals surface area contributed by atoms with Crippen LogP contribution in [0.3, 0.4) is 0 Å². The summed E-state index contributed by atoms with van der Waals surface area (Å²) < 4.78 is 10.4. The van der Waals surface area contributed by atoms with Crippen LogP contribution in [0.15, 0.2) is 18.2 Å². The van der Waals surface area contributed by atoms with Crippen molar-refractivity contribution < 1.29 is 14.3 Å². The molecular weight excluding hydrogens is 348 g/mol. The molecule has 2 N–H and O–H groups in total. The monoisotopic (exact) mass is 372 g/mol. The molecule has 144 valence electrons. The molecule has 2 amide bonds. The number of amides is 2. The normalized spacial score (nSPS) is 13.4. The molecule has 1 saturated heterocycles. The Hall–Kier alpha value is -3.10. The zero-order valence-corrected chi connectivity index (χ0v) is 15.8. The van der Waals surface area contributed by atoms with E-state index in [2.05, 4.69) is 30.5 Å². The number of carbonyl (C=O) groups is 1. The molecule has 0 saturated carbocycles. The van der Waals surface area contributed by atoms with Crippen LogP contribution in [0.25, 0.3) is 0 Å². The molecule has 0 aliphatic carbocycles. The molecule has 3 rings (SSSR count). The molecule has 1 aliphatic rings.